The number of hydrogen-bond acceptors (Lipinski definition) is 7. The summed E-state index contributed by atoms with van der Waals surface area (Å²) in [6.45, 7) is 1.36. The normalized spacial score (nSPS) is 10.1. The van der Waals surface area contributed by atoms with E-state index in [-0.39, 0.29) is 17.9 Å². The molecule has 0 atom stereocenters. The molecule has 150 valence electrons. The fourth-order valence-electron chi connectivity index (χ4n) is 2.52. The number of phenols is 1. The van der Waals surface area contributed by atoms with E-state index in [0.717, 1.165) is 0 Å². The molecule has 1 amide bonds. The highest BCUT2D eigenvalue weighted by Gasteiger charge is 2.16. The average molecular weight is 389 g/mol. The predicted molar refractivity (Wildman–Crippen MR) is 101 cm³/mol. The van der Waals surface area contributed by atoms with Crippen molar-refractivity contribution in [2.75, 3.05) is 27.9 Å². The molecule has 8 heteroatoms. The molecule has 0 aliphatic rings. The van der Waals surface area contributed by atoms with Crippen molar-refractivity contribution in [3.8, 4) is 23.0 Å². The number of aromatic hydroxyl groups is 1. The van der Waals surface area contributed by atoms with Crippen LogP contribution in [0.25, 0.3) is 0 Å². The van der Waals surface area contributed by atoms with Gasteiger partial charge < -0.3 is 29.4 Å². The second kappa shape index (κ2) is 9.50. The van der Waals surface area contributed by atoms with E-state index < -0.39 is 18.5 Å². The van der Waals surface area contributed by atoms with Gasteiger partial charge in [-0.05, 0) is 36.2 Å². The highest BCUT2D eigenvalue weighted by Crippen LogP contribution is 2.38. The van der Waals surface area contributed by atoms with Gasteiger partial charge in [0, 0.05) is 6.54 Å². The first-order chi connectivity index (χ1) is 13.4. The summed E-state index contributed by atoms with van der Waals surface area (Å²) in [5.74, 6) is -0.0458. The molecule has 0 saturated carbocycles. The average Bonchev–Trinajstić information content (AvgIpc) is 2.71. The summed E-state index contributed by atoms with van der Waals surface area (Å²) >= 11 is 0. The lowest BCUT2D eigenvalue weighted by molar-refractivity contribution is -0.124. The SMILES string of the molecule is COc1cc(CNC(=O)COC(=O)c2cccc(C)c2O)cc(OC)c1OC. The Morgan fingerprint density at radius 3 is 2.25 bits per heavy atom. The maximum absolute atomic E-state index is 12.0. The molecule has 2 N–H and O–H groups in total. The molecule has 0 saturated heterocycles. The molecule has 0 bridgehead atoms. The third-order valence-corrected chi connectivity index (χ3v) is 4.01. The summed E-state index contributed by atoms with van der Waals surface area (Å²) in [6.07, 6.45) is 0. The second-order valence-corrected chi connectivity index (χ2v) is 5.86. The Labute approximate surface area is 163 Å². The first-order valence-electron chi connectivity index (χ1n) is 8.42. The van der Waals surface area contributed by atoms with Crippen molar-refractivity contribution in [2.24, 2.45) is 0 Å². The third-order valence-electron chi connectivity index (χ3n) is 4.01. The Balaban J connectivity index is 1.95. The van der Waals surface area contributed by atoms with E-state index in [0.29, 0.717) is 28.4 Å². The van der Waals surface area contributed by atoms with Crippen LogP contribution < -0.4 is 19.5 Å². The van der Waals surface area contributed by atoms with Crippen LogP contribution in [0.4, 0.5) is 0 Å². The quantitative estimate of drug-likeness (QED) is 0.667. The van der Waals surface area contributed by atoms with Gasteiger partial charge in [0.2, 0.25) is 5.75 Å². The van der Waals surface area contributed by atoms with Gasteiger partial charge in [0.05, 0.1) is 21.3 Å². The van der Waals surface area contributed by atoms with Gasteiger partial charge in [0.1, 0.15) is 11.3 Å². The molecule has 2 aromatic rings. The minimum atomic E-state index is -0.774. The minimum Gasteiger partial charge on any atom is -0.507 e. The van der Waals surface area contributed by atoms with E-state index in [1.807, 2.05) is 0 Å². The lowest BCUT2D eigenvalue weighted by Gasteiger charge is -2.14. The number of phenolic OH excluding ortho intramolecular Hbond substituents is 1. The van der Waals surface area contributed by atoms with E-state index in [2.05, 4.69) is 5.32 Å². The van der Waals surface area contributed by atoms with Gasteiger partial charge >= 0.3 is 5.97 Å². The predicted octanol–water partition coefficient (Wildman–Crippen LogP) is 2.20. The van der Waals surface area contributed by atoms with Crippen LogP contribution in [0.1, 0.15) is 21.5 Å². The van der Waals surface area contributed by atoms with E-state index in [9.17, 15) is 14.7 Å². The van der Waals surface area contributed by atoms with Crippen molar-refractivity contribution in [1.29, 1.82) is 0 Å². The zero-order chi connectivity index (χ0) is 20.7. The number of benzene rings is 2. The smallest absolute Gasteiger partial charge is 0.342 e. The summed E-state index contributed by atoms with van der Waals surface area (Å²) in [7, 11) is 4.50. The molecule has 0 fully saturated rings. The summed E-state index contributed by atoms with van der Waals surface area (Å²) in [6, 6.07) is 8.13. The molecule has 0 aromatic heterocycles. The van der Waals surface area contributed by atoms with Crippen LogP contribution in [0.2, 0.25) is 0 Å². The number of nitrogens with one attached hydrogen (secondary N) is 1. The zero-order valence-corrected chi connectivity index (χ0v) is 16.2. The molecule has 8 nitrogen and oxygen atoms in total. The summed E-state index contributed by atoms with van der Waals surface area (Å²) in [4.78, 5) is 24.0. The molecule has 0 radical (unpaired) electrons. The monoisotopic (exact) mass is 389 g/mol. The van der Waals surface area contributed by atoms with Crippen molar-refractivity contribution < 1.29 is 33.6 Å². The fourth-order valence-corrected chi connectivity index (χ4v) is 2.52. The van der Waals surface area contributed by atoms with Gasteiger partial charge in [-0.2, -0.15) is 0 Å². The number of carbonyl (C=O) groups excluding carboxylic acids is 2. The molecular weight excluding hydrogens is 366 g/mol. The van der Waals surface area contributed by atoms with Crippen molar-refractivity contribution >= 4 is 11.9 Å². The van der Waals surface area contributed by atoms with Crippen LogP contribution in [-0.4, -0.2) is 44.9 Å². The van der Waals surface area contributed by atoms with Gasteiger partial charge in [-0.3, -0.25) is 4.79 Å². The number of aryl methyl sites for hydroxylation is 1. The Bertz CT molecular complexity index is 839. The van der Waals surface area contributed by atoms with Crippen LogP contribution in [0.5, 0.6) is 23.0 Å². The molecular formula is C20H23NO7. The Morgan fingerprint density at radius 2 is 1.68 bits per heavy atom. The molecule has 0 spiro atoms. The third kappa shape index (κ3) is 4.85. The van der Waals surface area contributed by atoms with Crippen molar-refractivity contribution in [2.45, 2.75) is 13.5 Å². The Morgan fingerprint density at radius 1 is 1.04 bits per heavy atom. The number of carbonyl (C=O) groups is 2. The molecule has 0 aliphatic carbocycles. The molecule has 2 aromatic carbocycles. The number of hydrogen-bond donors (Lipinski definition) is 2. The first kappa shape index (κ1) is 20.9. The molecule has 0 aliphatic heterocycles. The molecule has 2 rings (SSSR count). The second-order valence-electron chi connectivity index (χ2n) is 5.86. The van der Waals surface area contributed by atoms with Gasteiger partial charge in [-0.15, -0.1) is 0 Å². The lowest BCUT2D eigenvalue weighted by Crippen LogP contribution is -2.28. The number of esters is 1. The van der Waals surface area contributed by atoms with Gasteiger partial charge in [-0.25, -0.2) is 4.79 Å². The first-order valence-corrected chi connectivity index (χ1v) is 8.42. The van der Waals surface area contributed by atoms with Crippen LogP contribution >= 0.6 is 0 Å². The topological polar surface area (TPSA) is 103 Å². The standard InChI is InChI=1S/C20H23NO7/c1-12-6-5-7-14(18(12)23)20(24)28-11-17(22)21-10-13-8-15(25-2)19(27-4)16(9-13)26-3/h5-9,23H,10-11H2,1-4H3,(H,21,22). The summed E-state index contributed by atoms with van der Waals surface area (Å²) in [5, 5.41) is 12.5. The van der Waals surface area contributed by atoms with Gasteiger partial charge in [0.15, 0.2) is 18.1 Å². The van der Waals surface area contributed by atoms with Crippen molar-refractivity contribution in [3.63, 3.8) is 0 Å². The van der Waals surface area contributed by atoms with E-state index in [4.69, 9.17) is 18.9 Å². The molecule has 0 heterocycles. The number of amides is 1. The van der Waals surface area contributed by atoms with E-state index in [1.165, 1.54) is 27.4 Å². The zero-order valence-electron chi connectivity index (χ0n) is 16.2. The summed E-state index contributed by atoms with van der Waals surface area (Å²) in [5.41, 5.74) is 1.27. The van der Waals surface area contributed by atoms with Crippen molar-refractivity contribution in [1.82, 2.24) is 5.32 Å². The van der Waals surface area contributed by atoms with Crippen LogP contribution in [-0.2, 0) is 16.1 Å². The number of para-hydroxylation sites is 1. The Hall–Kier alpha value is -3.42. The number of ether oxygens (including phenoxy) is 4. The molecule has 28 heavy (non-hydrogen) atoms. The van der Waals surface area contributed by atoms with Gasteiger partial charge in [-0.1, -0.05) is 12.1 Å². The highest BCUT2D eigenvalue weighted by atomic mass is 16.5. The molecule has 0 unspecified atom stereocenters. The number of methoxy groups -OCH3 is 3. The van der Waals surface area contributed by atoms with Gasteiger partial charge in [0.25, 0.3) is 5.91 Å². The minimum absolute atomic E-state index is 0.0115. The van der Waals surface area contributed by atoms with Crippen LogP contribution in [0.15, 0.2) is 30.3 Å². The lowest BCUT2D eigenvalue weighted by atomic mass is 10.1. The maximum Gasteiger partial charge on any atom is 0.342 e. The highest BCUT2D eigenvalue weighted by molar-refractivity contribution is 5.94. The summed E-state index contributed by atoms with van der Waals surface area (Å²) < 4.78 is 20.7. The fraction of sp³-hybridized carbons (Fsp3) is 0.300. The van der Waals surface area contributed by atoms with Crippen LogP contribution in [0, 0.1) is 6.92 Å². The van der Waals surface area contributed by atoms with Crippen LogP contribution in [0.3, 0.4) is 0 Å². The largest absolute Gasteiger partial charge is 0.507 e. The van der Waals surface area contributed by atoms with E-state index in [1.54, 1.807) is 31.2 Å². The Kier molecular flexibility index (Phi) is 7.08. The van der Waals surface area contributed by atoms with Crippen molar-refractivity contribution in [3.05, 3.63) is 47.0 Å². The van der Waals surface area contributed by atoms with E-state index >= 15 is 0 Å². The maximum atomic E-state index is 12.0. The number of rotatable bonds is 8.